The van der Waals surface area contributed by atoms with E-state index in [1.807, 2.05) is 31.2 Å². The molecule has 1 atom stereocenters. The fourth-order valence-corrected chi connectivity index (χ4v) is 3.13. The Labute approximate surface area is 154 Å². The van der Waals surface area contributed by atoms with Gasteiger partial charge in [-0.1, -0.05) is 50.8 Å². The number of rotatable bonds is 10. The Hall–Kier alpha value is -1.82. The molecule has 0 unspecified atom stereocenters. The second kappa shape index (κ2) is 10.9. The van der Waals surface area contributed by atoms with Crippen LogP contribution in [0.1, 0.15) is 57.9 Å². The second-order valence-electron chi connectivity index (χ2n) is 6.08. The SMILES string of the molecule is CCCCCCCCOc1ccc(/C=N\N=C2\NC(=O)[C@H](C)S2)cc1. The maximum atomic E-state index is 11.4. The van der Waals surface area contributed by atoms with E-state index in [9.17, 15) is 4.79 Å². The summed E-state index contributed by atoms with van der Waals surface area (Å²) in [5, 5.41) is 11.2. The first-order valence-corrected chi connectivity index (χ1v) is 9.88. The minimum Gasteiger partial charge on any atom is -0.494 e. The summed E-state index contributed by atoms with van der Waals surface area (Å²) in [5.41, 5.74) is 0.943. The zero-order valence-electron chi connectivity index (χ0n) is 15.0. The zero-order chi connectivity index (χ0) is 17.9. The van der Waals surface area contributed by atoms with Crippen molar-refractivity contribution in [2.75, 3.05) is 6.61 Å². The molecule has 1 saturated heterocycles. The van der Waals surface area contributed by atoms with Gasteiger partial charge in [0, 0.05) is 0 Å². The van der Waals surface area contributed by atoms with E-state index in [1.54, 1.807) is 6.21 Å². The summed E-state index contributed by atoms with van der Waals surface area (Å²) in [6.07, 6.45) is 9.25. The van der Waals surface area contributed by atoms with Gasteiger partial charge in [0.1, 0.15) is 5.75 Å². The van der Waals surface area contributed by atoms with Crippen molar-refractivity contribution in [1.82, 2.24) is 5.32 Å². The number of nitrogens with one attached hydrogen (secondary N) is 1. The topological polar surface area (TPSA) is 63.1 Å². The van der Waals surface area contributed by atoms with Crippen LogP contribution in [-0.2, 0) is 4.79 Å². The Bertz CT molecular complexity index is 599. The van der Waals surface area contributed by atoms with Crippen LogP contribution < -0.4 is 10.1 Å². The van der Waals surface area contributed by atoms with Crippen molar-refractivity contribution in [1.29, 1.82) is 0 Å². The van der Waals surface area contributed by atoms with Crippen molar-refractivity contribution in [3.05, 3.63) is 29.8 Å². The minimum atomic E-state index is -0.1000. The fourth-order valence-electron chi connectivity index (χ4n) is 2.38. The Morgan fingerprint density at radius 1 is 1.16 bits per heavy atom. The number of nitrogens with zero attached hydrogens (tertiary/aromatic N) is 2. The molecule has 0 aliphatic carbocycles. The van der Waals surface area contributed by atoms with Crippen molar-refractivity contribution in [3.8, 4) is 5.75 Å². The summed E-state index contributed by atoms with van der Waals surface area (Å²) >= 11 is 1.38. The van der Waals surface area contributed by atoms with Crippen molar-refractivity contribution in [2.24, 2.45) is 10.2 Å². The molecular weight excluding hydrogens is 334 g/mol. The molecule has 0 aromatic heterocycles. The summed E-state index contributed by atoms with van der Waals surface area (Å²) in [6, 6.07) is 7.78. The lowest BCUT2D eigenvalue weighted by Crippen LogP contribution is -2.23. The van der Waals surface area contributed by atoms with Crippen LogP contribution in [0.25, 0.3) is 0 Å². The lowest BCUT2D eigenvalue weighted by Gasteiger charge is -2.06. The smallest absolute Gasteiger partial charge is 0.239 e. The Balaban J connectivity index is 1.68. The molecule has 2 rings (SSSR count). The first-order chi connectivity index (χ1) is 12.2. The zero-order valence-corrected chi connectivity index (χ0v) is 15.8. The van der Waals surface area contributed by atoms with Gasteiger partial charge in [-0.3, -0.25) is 4.79 Å². The van der Waals surface area contributed by atoms with Gasteiger partial charge in [-0.05, 0) is 43.2 Å². The van der Waals surface area contributed by atoms with Gasteiger partial charge in [-0.2, -0.15) is 5.10 Å². The molecule has 0 bridgehead atoms. The molecule has 1 amide bonds. The molecule has 0 radical (unpaired) electrons. The van der Waals surface area contributed by atoms with E-state index in [1.165, 1.54) is 43.9 Å². The molecule has 5 nitrogen and oxygen atoms in total. The first kappa shape index (κ1) is 19.5. The highest BCUT2D eigenvalue weighted by Crippen LogP contribution is 2.18. The number of thioether (sulfide) groups is 1. The largest absolute Gasteiger partial charge is 0.494 e. The number of carbonyl (C=O) groups is 1. The molecule has 1 fully saturated rings. The van der Waals surface area contributed by atoms with E-state index in [2.05, 4.69) is 22.4 Å². The predicted molar refractivity (Wildman–Crippen MR) is 106 cm³/mol. The number of benzene rings is 1. The van der Waals surface area contributed by atoms with Crippen LogP contribution in [0.4, 0.5) is 0 Å². The molecule has 1 aliphatic rings. The summed E-state index contributed by atoms with van der Waals surface area (Å²) < 4.78 is 5.75. The lowest BCUT2D eigenvalue weighted by molar-refractivity contribution is -0.118. The first-order valence-electron chi connectivity index (χ1n) is 9.00. The lowest BCUT2D eigenvalue weighted by atomic mass is 10.1. The Kier molecular flexibility index (Phi) is 8.52. The van der Waals surface area contributed by atoms with Crippen molar-refractivity contribution in [3.63, 3.8) is 0 Å². The standard InChI is InChI=1S/C19H27N3O2S/c1-3-4-5-6-7-8-13-24-17-11-9-16(10-12-17)14-20-22-19-21-18(23)15(2)25-19/h9-12,14-15H,3-8,13H2,1-2H3,(H,21,22,23)/b20-14-/t15-/m0/s1. The van der Waals surface area contributed by atoms with Gasteiger partial charge in [0.2, 0.25) is 5.91 Å². The fraction of sp³-hybridized carbons (Fsp3) is 0.526. The maximum absolute atomic E-state index is 11.4. The van der Waals surface area contributed by atoms with Gasteiger partial charge >= 0.3 is 0 Å². The average Bonchev–Trinajstić information content (AvgIpc) is 2.93. The van der Waals surface area contributed by atoms with Crippen LogP contribution in [0.5, 0.6) is 5.75 Å². The summed E-state index contributed by atoms with van der Waals surface area (Å²) in [4.78, 5) is 11.4. The van der Waals surface area contributed by atoms with Crippen LogP contribution in [0.3, 0.4) is 0 Å². The van der Waals surface area contributed by atoms with Gasteiger partial charge in [0.05, 0.1) is 18.1 Å². The third kappa shape index (κ3) is 7.30. The van der Waals surface area contributed by atoms with Crippen LogP contribution in [0, 0.1) is 0 Å². The van der Waals surface area contributed by atoms with Crippen LogP contribution in [0.2, 0.25) is 0 Å². The van der Waals surface area contributed by atoms with Crippen LogP contribution >= 0.6 is 11.8 Å². The normalized spacial score (nSPS) is 18.9. The number of carbonyl (C=O) groups excluding carboxylic acids is 1. The minimum absolute atomic E-state index is 0.0224. The molecule has 136 valence electrons. The number of amides is 1. The number of amidine groups is 1. The van der Waals surface area contributed by atoms with Crippen molar-refractivity contribution < 1.29 is 9.53 Å². The molecule has 0 spiro atoms. The van der Waals surface area contributed by atoms with E-state index in [4.69, 9.17) is 4.74 Å². The van der Waals surface area contributed by atoms with E-state index >= 15 is 0 Å². The predicted octanol–water partition coefficient (Wildman–Crippen LogP) is 4.37. The quantitative estimate of drug-likeness (QED) is 0.382. The summed E-state index contributed by atoms with van der Waals surface area (Å²) in [5.74, 6) is 0.857. The molecular formula is C19H27N3O2S. The average molecular weight is 362 g/mol. The molecule has 6 heteroatoms. The van der Waals surface area contributed by atoms with E-state index in [0.29, 0.717) is 5.17 Å². The highest BCUT2D eigenvalue weighted by Gasteiger charge is 2.25. The van der Waals surface area contributed by atoms with Gasteiger partial charge in [-0.25, -0.2) is 0 Å². The van der Waals surface area contributed by atoms with Gasteiger partial charge < -0.3 is 10.1 Å². The molecule has 1 aromatic rings. The third-order valence-corrected chi connectivity index (χ3v) is 4.86. The second-order valence-corrected chi connectivity index (χ2v) is 7.41. The monoisotopic (exact) mass is 361 g/mol. The van der Waals surface area contributed by atoms with E-state index in [-0.39, 0.29) is 11.2 Å². The number of ether oxygens (including phenoxy) is 1. The van der Waals surface area contributed by atoms with Crippen LogP contribution in [-0.4, -0.2) is 29.1 Å². The van der Waals surface area contributed by atoms with Crippen molar-refractivity contribution >= 4 is 29.1 Å². The molecule has 1 aliphatic heterocycles. The molecule has 1 heterocycles. The van der Waals surface area contributed by atoms with Gasteiger partial charge in [0.25, 0.3) is 0 Å². The molecule has 0 saturated carbocycles. The molecule has 25 heavy (non-hydrogen) atoms. The third-order valence-electron chi connectivity index (χ3n) is 3.89. The number of hydrogen-bond acceptors (Lipinski definition) is 5. The van der Waals surface area contributed by atoms with E-state index < -0.39 is 0 Å². The summed E-state index contributed by atoms with van der Waals surface area (Å²) in [6.45, 7) is 4.84. The summed E-state index contributed by atoms with van der Waals surface area (Å²) in [7, 11) is 0. The van der Waals surface area contributed by atoms with Gasteiger partial charge in [0.15, 0.2) is 5.17 Å². The van der Waals surface area contributed by atoms with Gasteiger partial charge in [-0.15, -0.1) is 5.10 Å². The number of hydrogen-bond donors (Lipinski definition) is 1. The van der Waals surface area contributed by atoms with E-state index in [0.717, 1.165) is 24.3 Å². The van der Waals surface area contributed by atoms with Crippen molar-refractivity contribution in [2.45, 2.75) is 57.6 Å². The highest BCUT2D eigenvalue weighted by atomic mass is 32.2. The Morgan fingerprint density at radius 2 is 1.88 bits per heavy atom. The number of unbranched alkanes of at least 4 members (excludes halogenated alkanes) is 5. The highest BCUT2D eigenvalue weighted by molar-refractivity contribution is 8.15. The van der Waals surface area contributed by atoms with Crippen LogP contribution in [0.15, 0.2) is 34.5 Å². The molecule has 1 aromatic carbocycles. The maximum Gasteiger partial charge on any atom is 0.239 e. The Morgan fingerprint density at radius 3 is 2.56 bits per heavy atom. The molecule has 1 N–H and O–H groups in total.